The normalized spacial score (nSPS) is 10.6. The van der Waals surface area contributed by atoms with Crippen LogP contribution in [-0.4, -0.2) is 20.3 Å². The summed E-state index contributed by atoms with van der Waals surface area (Å²) in [5.74, 6) is 0.461. The first kappa shape index (κ1) is 9.71. The topological polar surface area (TPSA) is 67.6 Å². The maximum absolute atomic E-state index is 12.8. The van der Waals surface area contributed by atoms with E-state index >= 15 is 0 Å². The minimum Gasteiger partial charge on any atom is -0.332 e. The summed E-state index contributed by atoms with van der Waals surface area (Å²) in [6, 6.07) is 7.61. The number of benzene rings is 1. The van der Waals surface area contributed by atoms with E-state index in [1.807, 2.05) is 0 Å². The van der Waals surface area contributed by atoms with Crippen molar-refractivity contribution in [3.05, 3.63) is 42.3 Å². The molecule has 2 aromatic heterocycles. The van der Waals surface area contributed by atoms with Gasteiger partial charge in [-0.2, -0.15) is 10.1 Å². The van der Waals surface area contributed by atoms with E-state index in [-0.39, 0.29) is 5.82 Å². The monoisotopic (exact) mass is 230 g/mol. The summed E-state index contributed by atoms with van der Waals surface area (Å²) in [5.41, 5.74) is 1.34. The van der Waals surface area contributed by atoms with Crippen LogP contribution in [0.4, 0.5) is 4.39 Å². The molecule has 0 radical (unpaired) electrons. The quantitative estimate of drug-likeness (QED) is 0.733. The van der Waals surface area contributed by atoms with E-state index in [4.69, 9.17) is 4.52 Å². The van der Waals surface area contributed by atoms with Crippen molar-refractivity contribution in [2.45, 2.75) is 0 Å². The van der Waals surface area contributed by atoms with Crippen LogP contribution in [0.2, 0.25) is 0 Å². The molecule has 0 aliphatic carbocycles. The van der Waals surface area contributed by atoms with Crippen LogP contribution in [0.5, 0.6) is 0 Å². The molecule has 0 saturated carbocycles. The number of hydrogen-bond donors (Lipinski definition) is 1. The van der Waals surface area contributed by atoms with E-state index in [0.717, 1.165) is 0 Å². The summed E-state index contributed by atoms with van der Waals surface area (Å²) in [5, 5.41) is 10.3. The van der Waals surface area contributed by atoms with Gasteiger partial charge in [0, 0.05) is 11.8 Å². The standard InChI is InChI=1S/C11H7FN4O/c12-8-3-1-7(2-4-8)10-14-11(17-16-10)9-5-6-13-15-9/h1-6H,(H,13,15). The molecule has 6 heteroatoms. The highest BCUT2D eigenvalue weighted by atomic mass is 19.1. The van der Waals surface area contributed by atoms with Crippen molar-refractivity contribution in [2.75, 3.05) is 0 Å². The van der Waals surface area contributed by atoms with Gasteiger partial charge in [0.25, 0.3) is 5.89 Å². The van der Waals surface area contributed by atoms with Gasteiger partial charge >= 0.3 is 0 Å². The Labute approximate surface area is 95.3 Å². The van der Waals surface area contributed by atoms with Crippen LogP contribution < -0.4 is 0 Å². The van der Waals surface area contributed by atoms with Gasteiger partial charge in [0.1, 0.15) is 11.5 Å². The Morgan fingerprint density at radius 2 is 1.94 bits per heavy atom. The third-order valence-electron chi connectivity index (χ3n) is 2.26. The van der Waals surface area contributed by atoms with Crippen molar-refractivity contribution in [1.29, 1.82) is 0 Å². The molecule has 0 fully saturated rings. The zero-order valence-electron chi connectivity index (χ0n) is 8.59. The average Bonchev–Trinajstić information content (AvgIpc) is 3.00. The Morgan fingerprint density at radius 1 is 1.12 bits per heavy atom. The summed E-state index contributed by atoms with van der Waals surface area (Å²) in [6.07, 6.45) is 1.59. The number of halogens is 1. The van der Waals surface area contributed by atoms with E-state index in [9.17, 15) is 4.39 Å². The van der Waals surface area contributed by atoms with Crippen LogP contribution in [0.25, 0.3) is 23.0 Å². The minimum absolute atomic E-state index is 0.300. The number of nitrogens with zero attached hydrogens (tertiary/aromatic N) is 3. The summed E-state index contributed by atoms with van der Waals surface area (Å²) in [4.78, 5) is 4.18. The van der Waals surface area contributed by atoms with Crippen LogP contribution in [0, 0.1) is 5.82 Å². The fourth-order valence-electron chi connectivity index (χ4n) is 1.42. The van der Waals surface area contributed by atoms with Gasteiger partial charge in [-0.1, -0.05) is 5.16 Å². The lowest BCUT2D eigenvalue weighted by Gasteiger charge is -1.92. The summed E-state index contributed by atoms with van der Waals surface area (Å²) in [6.45, 7) is 0. The molecule has 1 aromatic carbocycles. The van der Waals surface area contributed by atoms with Crippen molar-refractivity contribution in [3.63, 3.8) is 0 Å². The molecule has 0 bridgehead atoms. The van der Waals surface area contributed by atoms with Crippen LogP contribution in [0.3, 0.4) is 0 Å². The molecule has 17 heavy (non-hydrogen) atoms. The molecular weight excluding hydrogens is 223 g/mol. The Morgan fingerprint density at radius 3 is 2.65 bits per heavy atom. The molecule has 0 saturated heterocycles. The number of hydrogen-bond acceptors (Lipinski definition) is 4. The van der Waals surface area contributed by atoms with Crippen LogP contribution in [0.15, 0.2) is 41.1 Å². The lowest BCUT2D eigenvalue weighted by molar-refractivity contribution is 0.431. The highest BCUT2D eigenvalue weighted by molar-refractivity contribution is 5.57. The maximum atomic E-state index is 12.8. The van der Waals surface area contributed by atoms with Gasteiger partial charge < -0.3 is 4.52 Å². The van der Waals surface area contributed by atoms with Crippen LogP contribution in [0.1, 0.15) is 0 Å². The van der Waals surface area contributed by atoms with Crippen molar-refractivity contribution < 1.29 is 8.91 Å². The van der Waals surface area contributed by atoms with E-state index in [1.54, 1.807) is 24.4 Å². The van der Waals surface area contributed by atoms with Gasteiger partial charge in [-0.25, -0.2) is 4.39 Å². The molecule has 84 valence electrons. The first-order valence-electron chi connectivity index (χ1n) is 4.92. The molecule has 1 N–H and O–H groups in total. The Hall–Kier alpha value is -2.50. The molecule has 2 heterocycles. The lowest BCUT2D eigenvalue weighted by Crippen LogP contribution is -1.82. The number of nitrogens with one attached hydrogen (secondary N) is 1. The molecule has 0 spiro atoms. The van der Waals surface area contributed by atoms with E-state index in [1.165, 1.54) is 12.1 Å². The number of aromatic nitrogens is 4. The highest BCUT2D eigenvalue weighted by Gasteiger charge is 2.11. The van der Waals surface area contributed by atoms with Gasteiger partial charge in [-0.15, -0.1) is 0 Å². The SMILES string of the molecule is Fc1ccc(-c2noc(-c3ccn[nH]3)n2)cc1. The summed E-state index contributed by atoms with van der Waals surface area (Å²) >= 11 is 0. The molecule has 0 atom stereocenters. The second kappa shape index (κ2) is 3.82. The van der Waals surface area contributed by atoms with Gasteiger partial charge in [0.05, 0.1) is 0 Å². The third-order valence-corrected chi connectivity index (χ3v) is 2.26. The first-order chi connectivity index (χ1) is 8.33. The number of H-pyrrole nitrogens is 1. The highest BCUT2D eigenvalue weighted by Crippen LogP contribution is 2.20. The van der Waals surface area contributed by atoms with Gasteiger partial charge in [0.2, 0.25) is 5.82 Å². The molecule has 5 nitrogen and oxygen atoms in total. The smallest absolute Gasteiger partial charge is 0.276 e. The number of rotatable bonds is 2. The molecule has 0 aliphatic rings. The average molecular weight is 230 g/mol. The molecule has 0 amide bonds. The fourth-order valence-corrected chi connectivity index (χ4v) is 1.42. The van der Waals surface area contributed by atoms with Gasteiger partial charge in [0.15, 0.2) is 0 Å². The predicted octanol–water partition coefficient (Wildman–Crippen LogP) is 2.27. The second-order valence-electron chi connectivity index (χ2n) is 3.40. The maximum Gasteiger partial charge on any atom is 0.276 e. The van der Waals surface area contributed by atoms with Crippen molar-refractivity contribution in [2.24, 2.45) is 0 Å². The minimum atomic E-state index is -0.300. The van der Waals surface area contributed by atoms with Crippen molar-refractivity contribution in [3.8, 4) is 23.0 Å². The third kappa shape index (κ3) is 1.80. The zero-order chi connectivity index (χ0) is 11.7. The molecular formula is C11H7FN4O. The van der Waals surface area contributed by atoms with E-state index < -0.39 is 0 Å². The summed E-state index contributed by atoms with van der Waals surface area (Å²) in [7, 11) is 0. The lowest BCUT2D eigenvalue weighted by atomic mass is 10.2. The Balaban J connectivity index is 1.98. The Bertz CT molecular complexity index is 615. The molecule has 3 rings (SSSR count). The first-order valence-corrected chi connectivity index (χ1v) is 4.92. The zero-order valence-corrected chi connectivity index (χ0v) is 8.59. The van der Waals surface area contributed by atoms with Gasteiger partial charge in [-0.05, 0) is 30.3 Å². The van der Waals surface area contributed by atoms with Crippen LogP contribution >= 0.6 is 0 Å². The van der Waals surface area contributed by atoms with Crippen molar-refractivity contribution >= 4 is 0 Å². The van der Waals surface area contributed by atoms with Crippen molar-refractivity contribution in [1.82, 2.24) is 20.3 Å². The summed E-state index contributed by atoms with van der Waals surface area (Å²) < 4.78 is 17.8. The largest absolute Gasteiger partial charge is 0.332 e. The molecule has 0 unspecified atom stereocenters. The second-order valence-corrected chi connectivity index (χ2v) is 3.40. The number of aromatic amines is 1. The molecule has 3 aromatic rings. The van der Waals surface area contributed by atoms with Crippen LogP contribution in [-0.2, 0) is 0 Å². The van der Waals surface area contributed by atoms with Gasteiger partial charge in [-0.3, -0.25) is 5.10 Å². The van der Waals surface area contributed by atoms with E-state index in [2.05, 4.69) is 20.3 Å². The Kier molecular flexibility index (Phi) is 2.18. The fraction of sp³-hybridized carbons (Fsp3) is 0. The molecule has 0 aliphatic heterocycles. The van der Waals surface area contributed by atoms with E-state index in [0.29, 0.717) is 23.0 Å². The predicted molar refractivity (Wildman–Crippen MR) is 57.3 cm³/mol.